The topological polar surface area (TPSA) is 99.3 Å². The number of nitrogens with zero attached hydrogens (tertiary/aromatic N) is 3. The minimum absolute atomic E-state index is 0.115. The summed E-state index contributed by atoms with van der Waals surface area (Å²) in [7, 11) is 0. The molecule has 0 spiro atoms. The molecular weight excluding hydrogens is 307 g/mol. The smallest absolute Gasteiger partial charge is 0.390 e. The van der Waals surface area contributed by atoms with E-state index in [1.807, 2.05) is 0 Å². The Morgan fingerprint density at radius 2 is 2.13 bits per heavy atom. The molecule has 0 saturated carbocycles. The SMILES string of the molecule is Cc1cc([N+](=O)[O-])nn1CC(=O)NCCOc1ccc(F)cc1. The summed E-state index contributed by atoms with van der Waals surface area (Å²) < 4.78 is 19.3. The van der Waals surface area contributed by atoms with Crippen molar-refractivity contribution in [3.8, 4) is 5.75 Å². The van der Waals surface area contributed by atoms with Crippen molar-refractivity contribution in [1.82, 2.24) is 15.1 Å². The lowest BCUT2D eigenvalue weighted by atomic mass is 10.3. The Kier molecular flexibility index (Phi) is 5.23. The van der Waals surface area contributed by atoms with E-state index < -0.39 is 4.92 Å². The fraction of sp³-hybridized carbons (Fsp3) is 0.286. The Labute approximate surface area is 131 Å². The summed E-state index contributed by atoms with van der Waals surface area (Å²) in [6.45, 7) is 1.98. The van der Waals surface area contributed by atoms with E-state index in [1.165, 1.54) is 35.0 Å². The van der Waals surface area contributed by atoms with Crippen molar-refractivity contribution >= 4 is 11.7 Å². The van der Waals surface area contributed by atoms with E-state index in [2.05, 4.69) is 10.4 Å². The Morgan fingerprint density at radius 1 is 1.43 bits per heavy atom. The summed E-state index contributed by atoms with van der Waals surface area (Å²) in [5.74, 6) is -0.489. The van der Waals surface area contributed by atoms with Gasteiger partial charge in [-0.15, -0.1) is 0 Å². The van der Waals surface area contributed by atoms with Gasteiger partial charge in [-0.25, -0.2) is 4.39 Å². The van der Waals surface area contributed by atoms with Crippen LogP contribution in [0.3, 0.4) is 0 Å². The van der Waals surface area contributed by atoms with Gasteiger partial charge in [0.25, 0.3) is 0 Å². The number of rotatable bonds is 7. The number of aryl methyl sites for hydroxylation is 1. The third-order valence-electron chi connectivity index (χ3n) is 2.96. The van der Waals surface area contributed by atoms with Crippen molar-refractivity contribution in [2.75, 3.05) is 13.2 Å². The minimum atomic E-state index is -0.613. The molecule has 2 aromatic rings. The van der Waals surface area contributed by atoms with E-state index >= 15 is 0 Å². The molecule has 1 N–H and O–H groups in total. The number of carbonyl (C=O) groups excluding carboxylic acids is 1. The first-order chi connectivity index (χ1) is 11.0. The van der Waals surface area contributed by atoms with Gasteiger partial charge in [0.15, 0.2) is 0 Å². The normalized spacial score (nSPS) is 10.3. The van der Waals surface area contributed by atoms with Gasteiger partial charge in [-0.05, 0) is 36.1 Å². The fourth-order valence-corrected chi connectivity index (χ4v) is 1.82. The summed E-state index contributed by atoms with van der Waals surface area (Å²) in [5, 5.41) is 16.9. The molecule has 0 aliphatic heterocycles. The lowest BCUT2D eigenvalue weighted by molar-refractivity contribution is -0.389. The first kappa shape index (κ1) is 16.4. The van der Waals surface area contributed by atoms with Gasteiger partial charge >= 0.3 is 5.82 Å². The molecule has 0 bridgehead atoms. The van der Waals surface area contributed by atoms with Crippen molar-refractivity contribution in [1.29, 1.82) is 0 Å². The van der Waals surface area contributed by atoms with Gasteiger partial charge < -0.3 is 20.2 Å². The first-order valence-corrected chi connectivity index (χ1v) is 6.79. The molecule has 2 rings (SSSR count). The van der Waals surface area contributed by atoms with Crippen LogP contribution >= 0.6 is 0 Å². The molecule has 23 heavy (non-hydrogen) atoms. The highest BCUT2D eigenvalue weighted by molar-refractivity contribution is 5.75. The van der Waals surface area contributed by atoms with Crippen LogP contribution in [0, 0.1) is 22.9 Å². The second-order valence-corrected chi connectivity index (χ2v) is 4.71. The third kappa shape index (κ3) is 4.77. The van der Waals surface area contributed by atoms with Gasteiger partial charge in [-0.1, -0.05) is 0 Å². The molecule has 0 unspecified atom stereocenters. The van der Waals surface area contributed by atoms with E-state index in [0.717, 1.165) is 0 Å². The second kappa shape index (κ2) is 7.34. The first-order valence-electron chi connectivity index (χ1n) is 6.79. The van der Waals surface area contributed by atoms with Crippen LogP contribution in [0.1, 0.15) is 5.69 Å². The highest BCUT2D eigenvalue weighted by atomic mass is 19.1. The molecule has 1 aromatic heterocycles. The predicted octanol–water partition coefficient (Wildman–Crippen LogP) is 1.43. The Balaban J connectivity index is 1.75. The number of hydrogen-bond acceptors (Lipinski definition) is 5. The summed E-state index contributed by atoms with van der Waals surface area (Å²) in [6.07, 6.45) is 0. The maximum atomic E-state index is 12.7. The molecule has 1 amide bonds. The van der Waals surface area contributed by atoms with Crippen LogP contribution in [-0.4, -0.2) is 33.8 Å². The highest BCUT2D eigenvalue weighted by Crippen LogP contribution is 2.11. The Bertz CT molecular complexity index is 699. The molecular formula is C14H15FN4O4. The molecule has 8 nitrogen and oxygen atoms in total. The van der Waals surface area contributed by atoms with Crippen LogP contribution in [0.15, 0.2) is 30.3 Å². The van der Waals surface area contributed by atoms with Gasteiger partial charge in [-0.2, -0.15) is 4.68 Å². The zero-order valence-electron chi connectivity index (χ0n) is 12.4. The van der Waals surface area contributed by atoms with E-state index in [4.69, 9.17) is 4.74 Å². The van der Waals surface area contributed by atoms with Crippen LogP contribution < -0.4 is 10.1 Å². The largest absolute Gasteiger partial charge is 0.492 e. The molecule has 9 heteroatoms. The van der Waals surface area contributed by atoms with Crippen molar-refractivity contribution in [2.45, 2.75) is 13.5 Å². The van der Waals surface area contributed by atoms with Gasteiger partial charge in [0.05, 0.1) is 23.4 Å². The molecule has 0 aliphatic carbocycles. The fourth-order valence-electron chi connectivity index (χ4n) is 1.82. The molecule has 0 aliphatic rings. The molecule has 0 atom stereocenters. The molecule has 122 valence electrons. The Morgan fingerprint density at radius 3 is 2.74 bits per heavy atom. The van der Waals surface area contributed by atoms with Crippen molar-refractivity contribution in [3.05, 3.63) is 52.0 Å². The molecule has 1 aromatic carbocycles. The number of amides is 1. The van der Waals surface area contributed by atoms with Crippen LogP contribution in [0.25, 0.3) is 0 Å². The molecule has 0 fully saturated rings. The number of benzene rings is 1. The number of aromatic nitrogens is 2. The zero-order valence-corrected chi connectivity index (χ0v) is 12.4. The second-order valence-electron chi connectivity index (χ2n) is 4.71. The number of ether oxygens (including phenoxy) is 1. The van der Waals surface area contributed by atoms with E-state index in [9.17, 15) is 19.3 Å². The van der Waals surface area contributed by atoms with E-state index in [0.29, 0.717) is 11.4 Å². The van der Waals surface area contributed by atoms with E-state index in [-0.39, 0.29) is 37.2 Å². The lowest BCUT2D eigenvalue weighted by Gasteiger charge is -2.07. The van der Waals surface area contributed by atoms with Gasteiger partial charge in [0, 0.05) is 0 Å². The maximum absolute atomic E-state index is 12.7. The highest BCUT2D eigenvalue weighted by Gasteiger charge is 2.17. The number of halogens is 1. The monoisotopic (exact) mass is 322 g/mol. The maximum Gasteiger partial charge on any atom is 0.390 e. The summed E-state index contributed by atoms with van der Waals surface area (Å²) in [6, 6.07) is 6.83. The zero-order chi connectivity index (χ0) is 16.8. The number of hydrogen-bond donors (Lipinski definition) is 1. The van der Waals surface area contributed by atoms with Gasteiger partial charge in [-0.3, -0.25) is 4.79 Å². The minimum Gasteiger partial charge on any atom is -0.492 e. The molecule has 0 radical (unpaired) electrons. The number of carbonyl (C=O) groups is 1. The van der Waals surface area contributed by atoms with Crippen molar-refractivity contribution in [2.24, 2.45) is 0 Å². The van der Waals surface area contributed by atoms with Gasteiger partial charge in [0.1, 0.15) is 24.7 Å². The van der Waals surface area contributed by atoms with Gasteiger partial charge in [0.2, 0.25) is 5.91 Å². The average Bonchev–Trinajstić information content (AvgIpc) is 2.87. The average molecular weight is 322 g/mol. The Hall–Kier alpha value is -2.97. The summed E-state index contributed by atoms with van der Waals surface area (Å²) in [4.78, 5) is 21.7. The van der Waals surface area contributed by atoms with Crippen molar-refractivity contribution < 1.29 is 18.8 Å². The van der Waals surface area contributed by atoms with Crippen LogP contribution in [0.4, 0.5) is 10.2 Å². The summed E-state index contributed by atoms with van der Waals surface area (Å²) >= 11 is 0. The lowest BCUT2D eigenvalue weighted by Crippen LogP contribution is -2.31. The molecule has 1 heterocycles. The number of nitro groups is 1. The van der Waals surface area contributed by atoms with Crippen LogP contribution in [0.2, 0.25) is 0 Å². The standard InChI is InChI=1S/C14H15FN4O4/c1-10-8-13(19(21)22)17-18(10)9-14(20)16-6-7-23-12-4-2-11(15)3-5-12/h2-5,8H,6-7,9H2,1H3,(H,16,20). The van der Waals surface area contributed by atoms with Crippen LogP contribution in [0.5, 0.6) is 5.75 Å². The van der Waals surface area contributed by atoms with E-state index in [1.54, 1.807) is 6.92 Å². The summed E-state index contributed by atoms with van der Waals surface area (Å²) in [5.41, 5.74) is 0.523. The van der Waals surface area contributed by atoms with Crippen LogP contribution in [-0.2, 0) is 11.3 Å². The third-order valence-corrected chi connectivity index (χ3v) is 2.96. The predicted molar refractivity (Wildman–Crippen MR) is 78.5 cm³/mol. The number of nitrogens with one attached hydrogen (secondary N) is 1. The molecule has 0 saturated heterocycles. The van der Waals surface area contributed by atoms with Crippen molar-refractivity contribution in [3.63, 3.8) is 0 Å². The quantitative estimate of drug-likeness (QED) is 0.472.